The first-order chi connectivity index (χ1) is 19.8. The first-order valence-corrected chi connectivity index (χ1v) is 13.8. The lowest BCUT2D eigenvalue weighted by Gasteiger charge is -2.28. The van der Waals surface area contributed by atoms with Gasteiger partial charge >= 0.3 is 0 Å². The lowest BCUT2D eigenvalue weighted by molar-refractivity contribution is -0.140. The summed E-state index contributed by atoms with van der Waals surface area (Å²) in [7, 11) is 3.07. The Morgan fingerprint density at radius 2 is 1.61 bits per heavy atom. The average Bonchev–Trinajstić information content (AvgIpc) is 3.25. The van der Waals surface area contributed by atoms with Gasteiger partial charge in [-0.25, -0.2) is 0 Å². The number of ketones is 1. The second-order valence-corrected chi connectivity index (χ2v) is 9.87. The highest BCUT2D eigenvalue weighted by molar-refractivity contribution is 6.46. The van der Waals surface area contributed by atoms with Gasteiger partial charge in [0.1, 0.15) is 18.1 Å². The molecule has 4 rings (SSSR count). The van der Waals surface area contributed by atoms with E-state index in [1.807, 2.05) is 31.2 Å². The smallest absolute Gasteiger partial charge is 0.295 e. The zero-order valence-corrected chi connectivity index (χ0v) is 24.3. The van der Waals surface area contributed by atoms with Crippen molar-refractivity contribution in [2.45, 2.75) is 33.4 Å². The topological polar surface area (TPSA) is 88.5 Å². The second-order valence-electron chi connectivity index (χ2n) is 9.87. The molecule has 8 heteroatoms. The molecule has 1 saturated heterocycles. The van der Waals surface area contributed by atoms with E-state index in [1.165, 1.54) is 12.0 Å². The molecule has 0 spiro atoms. The van der Waals surface area contributed by atoms with Crippen molar-refractivity contribution in [3.8, 4) is 17.2 Å². The van der Waals surface area contributed by atoms with Gasteiger partial charge in [0.05, 0.1) is 25.8 Å². The maximum absolute atomic E-state index is 13.4. The number of aliphatic hydroxyl groups is 1. The number of ether oxygens (including phenoxy) is 3. The van der Waals surface area contributed by atoms with Gasteiger partial charge in [0.15, 0.2) is 11.5 Å². The van der Waals surface area contributed by atoms with Crippen LogP contribution in [0.1, 0.15) is 42.1 Å². The van der Waals surface area contributed by atoms with Gasteiger partial charge in [-0.3, -0.25) is 9.59 Å². The SMILES string of the molecule is CCN(CC)CCN1C(=O)C(=O)C(=C(O)c2ccc(OCc3ccccc3C)cc2)C1c1ccc(OC)c(OC)c1. The minimum atomic E-state index is -0.789. The Bertz CT molecular complexity index is 1410. The molecule has 1 aliphatic rings. The molecule has 1 unspecified atom stereocenters. The fourth-order valence-corrected chi connectivity index (χ4v) is 5.07. The molecule has 1 aliphatic heterocycles. The lowest BCUT2D eigenvalue weighted by atomic mass is 9.95. The van der Waals surface area contributed by atoms with Crippen LogP contribution in [-0.4, -0.2) is 67.0 Å². The molecule has 0 saturated carbocycles. The standard InChI is InChI=1S/C33H38N2O6/c1-6-34(7-2)18-19-35-30(24-14-17-27(39-4)28(20-24)40-5)29(32(37)33(35)38)31(36)23-12-15-26(16-13-23)41-21-25-11-9-8-10-22(25)3/h8-17,20,30,36H,6-7,18-19,21H2,1-5H3. The van der Waals surface area contributed by atoms with Gasteiger partial charge in [-0.2, -0.15) is 0 Å². The number of methoxy groups -OCH3 is 2. The Morgan fingerprint density at radius 3 is 2.24 bits per heavy atom. The van der Waals surface area contributed by atoms with Crippen LogP contribution in [0.5, 0.6) is 17.2 Å². The van der Waals surface area contributed by atoms with Crippen molar-refractivity contribution < 1.29 is 28.9 Å². The number of hydrogen-bond acceptors (Lipinski definition) is 7. The quantitative estimate of drug-likeness (QED) is 0.182. The fourth-order valence-electron chi connectivity index (χ4n) is 5.07. The maximum atomic E-state index is 13.4. The third-order valence-electron chi connectivity index (χ3n) is 7.60. The van der Waals surface area contributed by atoms with Crippen LogP contribution in [-0.2, 0) is 16.2 Å². The Hall–Kier alpha value is -4.30. The van der Waals surface area contributed by atoms with Gasteiger partial charge in [0, 0.05) is 18.7 Å². The van der Waals surface area contributed by atoms with Gasteiger partial charge in [0.25, 0.3) is 11.7 Å². The van der Waals surface area contributed by atoms with Crippen LogP contribution < -0.4 is 14.2 Å². The highest BCUT2D eigenvalue weighted by atomic mass is 16.5. The predicted molar refractivity (Wildman–Crippen MR) is 158 cm³/mol. The largest absolute Gasteiger partial charge is 0.507 e. The number of likely N-dealkylation sites (N-methyl/N-ethyl adjacent to an activating group) is 1. The van der Waals surface area contributed by atoms with Crippen molar-refractivity contribution in [2.24, 2.45) is 0 Å². The summed E-state index contributed by atoms with van der Waals surface area (Å²) in [5.41, 5.74) is 3.32. The van der Waals surface area contributed by atoms with E-state index in [-0.39, 0.29) is 11.3 Å². The summed E-state index contributed by atoms with van der Waals surface area (Å²) in [6.45, 7) is 9.11. The summed E-state index contributed by atoms with van der Waals surface area (Å²) in [4.78, 5) is 30.5. The number of likely N-dealkylation sites (tertiary alicyclic amines) is 1. The number of hydrogen-bond donors (Lipinski definition) is 1. The van der Waals surface area contributed by atoms with E-state index in [4.69, 9.17) is 14.2 Å². The van der Waals surface area contributed by atoms with Crippen LogP contribution in [0.4, 0.5) is 0 Å². The summed E-state index contributed by atoms with van der Waals surface area (Å²) < 4.78 is 16.8. The van der Waals surface area contributed by atoms with Crippen LogP contribution in [0, 0.1) is 6.92 Å². The van der Waals surface area contributed by atoms with Crippen LogP contribution in [0.25, 0.3) is 5.76 Å². The summed E-state index contributed by atoms with van der Waals surface area (Å²) in [5.74, 6) is 0.0188. The van der Waals surface area contributed by atoms with Crippen LogP contribution in [0.3, 0.4) is 0 Å². The molecule has 1 atom stereocenters. The number of benzene rings is 3. The Labute approximate surface area is 241 Å². The second kappa shape index (κ2) is 13.4. The van der Waals surface area contributed by atoms with E-state index >= 15 is 0 Å². The van der Waals surface area contributed by atoms with Crippen LogP contribution >= 0.6 is 0 Å². The monoisotopic (exact) mass is 558 g/mol. The van der Waals surface area contributed by atoms with E-state index in [9.17, 15) is 14.7 Å². The van der Waals surface area contributed by atoms with Gasteiger partial charge < -0.3 is 29.1 Å². The summed E-state index contributed by atoms with van der Waals surface area (Å²) in [5, 5.41) is 11.5. The zero-order chi connectivity index (χ0) is 29.5. The third-order valence-corrected chi connectivity index (χ3v) is 7.60. The third kappa shape index (κ3) is 6.38. The van der Waals surface area contributed by atoms with Crippen molar-refractivity contribution in [3.05, 3.63) is 94.6 Å². The number of rotatable bonds is 12. The molecule has 8 nitrogen and oxygen atoms in total. The minimum absolute atomic E-state index is 0.0374. The van der Waals surface area contributed by atoms with Crippen molar-refractivity contribution >= 4 is 17.4 Å². The molecule has 1 amide bonds. The number of aryl methyl sites for hydroxylation is 1. The maximum Gasteiger partial charge on any atom is 0.295 e. The highest BCUT2D eigenvalue weighted by Gasteiger charge is 2.46. The van der Waals surface area contributed by atoms with Crippen molar-refractivity contribution in [1.29, 1.82) is 0 Å². The van der Waals surface area contributed by atoms with Crippen molar-refractivity contribution in [3.63, 3.8) is 0 Å². The molecule has 3 aromatic rings. The molecule has 1 fully saturated rings. The molecule has 3 aromatic carbocycles. The number of carbonyl (C=O) groups is 2. The number of carbonyl (C=O) groups excluding carboxylic acids is 2. The van der Waals surface area contributed by atoms with Gasteiger partial charge in [0.2, 0.25) is 0 Å². The van der Waals surface area contributed by atoms with E-state index in [1.54, 1.807) is 49.6 Å². The number of Topliss-reactive ketones (excluding diaryl/α,β-unsaturated/α-hetero) is 1. The predicted octanol–water partition coefficient (Wildman–Crippen LogP) is 5.35. The molecule has 0 aromatic heterocycles. The minimum Gasteiger partial charge on any atom is -0.507 e. The van der Waals surface area contributed by atoms with Crippen LogP contribution in [0.15, 0.2) is 72.3 Å². The Morgan fingerprint density at radius 1 is 0.927 bits per heavy atom. The lowest BCUT2D eigenvalue weighted by Crippen LogP contribution is -2.38. The fraction of sp³-hybridized carbons (Fsp3) is 0.333. The number of nitrogens with zero attached hydrogens (tertiary/aromatic N) is 2. The van der Waals surface area contributed by atoms with Gasteiger partial charge in [-0.05, 0) is 73.1 Å². The molecular weight excluding hydrogens is 520 g/mol. The first kappa shape index (κ1) is 29.7. The van der Waals surface area contributed by atoms with Gasteiger partial charge in [-0.15, -0.1) is 0 Å². The van der Waals surface area contributed by atoms with Crippen LogP contribution in [0.2, 0.25) is 0 Å². The average molecular weight is 559 g/mol. The van der Waals surface area contributed by atoms with E-state index in [0.717, 1.165) is 24.2 Å². The molecule has 0 bridgehead atoms. The summed E-state index contributed by atoms with van der Waals surface area (Å²) >= 11 is 0. The molecular formula is C33H38N2O6. The molecule has 1 heterocycles. The van der Waals surface area contributed by atoms with Crippen molar-refractivity contribution in [1.82, 2.24) is 9.80 Å². The number of aliphatic hydroxyl groups excluding tert-OH is 1. The molecule has 0 aliphatic carbocycles. The highest BCUT2D eigenvalue weighted by Crippen LogP contribution is 2.42. The van der Waals surface area contributed by atoms with E-state index in [0.29, 0.717) is 48.1 Å². The van der Waals surface area contributed by atoms with E-state index < -0.39 is 17.7 Å². The summed E-state index contributed by atoms with van der Waals surface area (Å²) in [6, 6.07) is 19.4. The molecule has 0 radical (unpaired) electrons. The molecule has 216 valence electrons. The summed E-state index contributed by atoms with van der Waals surface area (Å²) in [6.07, 6.45) is 0. The van der Waals surface area contributed by atoms with Crippen molar-refractivity contribution in [2.75, 3.05) is 40.4 Å². The molecule has 41 heavy (non-hydrogen) atoms. The zero-order valence-electron chi connectivity index (χ0n) is 24.3. The Balaban J connectivity index is 1.69. The van der Waals surface area contributed by atoms with Gasteiger partial charge in [-0.1, -0.05) is 44.2 Å². The number of amides is 1. The van der Waals surface area contributed by atoms with E-state index in [2.05, 4.69) is 18.7 Å². The Kier molecular flexibility index (Phi) is 9.68. The molecule has 1 N–H and O–H groups in total. The normalized spacial score (nSPS) is 16.3. The first-order valence-electron chi connectivity index (χ1n) is 13.8.